The minimum absolute atomic E-state index is 0.604. The fourth-order valence-corrected chi connectivity index (χ4v) is 7.98. The summed E-state index contributed by atoms with van der Waals surface area (Å²) in [6, 6.07) is 60.9. The fourth-order valence-electron chi connectivity index (χ4n) is 7.98. The highest BCUT2D eigenvalue weighted by molar-refractivity contribution is 6.25. The Morgan fingerprint density at radius 3 is 1.39 bits per heavy atom. The van der Waals surface area contributed by atoms with Crippen molar-refractivity contribution in [2.24, 2.45) is 0 Å². The van der Waals surface area contributed by atoms with Gasteiger partial charge in [-0.3, -0.25) is 0 Å². The number of furan rings is 1. The van der Waals surface area contributed by atoms with Crippen LogP contribution in [0.5, 0.6) is 0 Å². The molecular weight excluding hydrogens is 683 g/mol. The van der Waals surface area contributed by atoms with Gasteiger partial charge in [0, 0.05) is 33.2 Å². The van der Waals surface area contributed by atoms with E-state index in [1.807, 2.05) is 78.9 Å². The van der Waals surface area contributed by atoms with E-state index in [2.05, 4.69) is 117 Å². The Morgan fingerprint density at radius 1 is 0.446 bits per heavy atom. The van der Waals surface area contributed by atoms with Crippen molar-refractivity contribution in [1.82, 2.24) is 15.0 Å². The molecule has 0 saturated carbocycles. The monoisotopic (exact) mass is 717 g/mol. The zero-order valence-electron chi connectivity index (χ0n) is 30.8. The molecule has 0 fully saturated rings. The Morgan fingerprint density at radius 2 is 0.875 bits per heavy atom. The quantitative estimate of drug-likeness (QED) is 0.0936. The Balaban J connectivity index is 1.18. The number of benzene rings is 8. The van der Waals surface area contributed by atoms with Crippen LogP contribution in [0.2, 0.25) is 0 Å². The van der Waals surface area contributed by atoms with E-state index < -0.39 is 0 Å². The molecule has 264 valence electrons. The van der Waals surface area contributed by atoms with E-state index in [9.17, 15) is 0 Å². The van der Waals surface area contributed by atoms with Crippen LogP contribution in [0.15, 0.2) is 193 Å². The zero-order chi connectivity index (χ0) is 37.6. The van der Waals surface area contributed by atoms with Crippen LogP contribution >= 0.6 is 0 Å². The summed E-state index contributed by atoms with van der Waals surface area (Å²) >= 11 is 0. The molecule has 2 aromatic heterocycles. The molecule has 56 heavy (non-hydrogen) atoms. The van der Waals surface area contributed by atoms with Crippen molar-refractivity contribution in [3.8, 4) is 34.2 Å². The van der Waals surface area contributed by atoms with E-state index in [1.165, 1.54) is 32.3 Å². The highest BCUT2D eigenvalue weighted by Crippen LogP contribution is 2.42. The van der Waals surface area contributed by atoms with Crippen molar-refractivity contribution < 1.29 is 4.42 Å². The maximum absolute atomic E-state index is 6.74. The Labute approximate surface area is 324 Å². The second-order valence-corrected chi connectivity index (χ2v) is 14.0. The number of para-hydroxylation sites is 1. The number of aryl methyl sites for hydroxylation is 1. The molecule has 0 amide bonds. The second-order valence-electron chi connectivity index (χ2n) is 14.0. The highest BCUT2D eigenvalue weighted by atomic mass is 16.3. The fraction of sp³-hybridized carbons (Fsp3) is 0.0192. The van der Waals surface area contributed by atoms with Gasteiger partial charge < -0.3 is 4.42 Å². The molecule has 0 radical (unpaired) electrons. The average molecular weight is 718 g/mol. The van der Waals surface area contributed by atoms with Crippen molar-refractivity contribution in [1.29, 1.82) is 0 Å². The lowest BCUT2D eigenvalue weighted by Crippen LogP contribution is -2.00. The van der Waals surface area contributed by atoms with E-state index in [0.29, 0.717) is 17.5 Å². The van der Waals surface area contributed by atoms with E-state index in [4.69, 9.17) is 19.4 Å². The van der Waals surface area contributed by atoms with Crippen molar-refractivity contribution in [3.05, 3.63) is 211 Å². The van der Waals surface area contributed by atoms with Crippen molar-refractivity contribution in [3.63, 3.8) is 0 Å². The van der Waals surface area contributed by atoms with E-state index in [0.717, 1.165) is 61.3 Å². The third-order valence-corrected chi connectivity index (χ3v) is 10.7. The number of aromatic nitrogens is 3. The number of nitrogens with zero attached hydrogens (tertiary/aromatic N) is 3. The largest absolute Gasteiger partial charge is 0.456 e. The summed E-state index contributed by atoms with van der Waals surface area (Å²) in [5.74, 6) is 2.67. The molecule has 8 aromatic carbocycles. The van der Waals surface area contributed by atoms with Gasteiger partial charge in [-0.15, -0.1) is 0 Å². The summed E-state index contributed by atoms with van der Waals surface area (Å²) in [6.07, 6.45) is 1.96. The van der Waals surface area contributed by atoms with E-state index in [1.54, 1.807) is 0 Å². The smallest absolute Gasteiger partial charge is 0.164 e. The summed E-state index contributed by atoms with van der Waals surface area (Å²) in [7, 11) is 0. The molecule has 10 aromatic rings. The van der Waals surface area contributed by atoms with Gasteiger partial charge in [0.1, 0.15) is 11.3 Å². The SMILES string of the molecule is C=C/C(=C(/c1ccc(-c2nc(-c3ccccc3)nc(-c3ccccc3)n2)cc1)c1oc2ccccc2c1C)c1ccc2c3ccccc3c3ccccc3c2c1. The first kappa shape index (κ1) is 33.2. The number of allylic oxidation sites excluding steroid dienone is 2. The minimum atomic E-state index is 0.604. The summed E-state index contributed by atoms with van der Waals surface area (Å²) in [4.78, 5) is 14.8. The van der Waals surface area contributed by atoms with Crippen LogP contribution in [0, 0.1) is 6.92 Å². The molecule has 0 N–H and O–H groups in total. The Bertz CT molecular complexity index is 3050. The molecule has 0 spiro atoms. The maximum Gasteiger partial charge on any atom is 0.164 e. The molecule has 0 aliphatic carbocycles. The predicted molar refractivity (Wildman–Crippen MR) is 232 cm³/mol. The first-order valence-corrected chi connectivity index (χ1v) is 18.8. The van der Waals surface area contributed by atoms with Gasteiger partial charge in [-0.05, 0) is 68.1 Å². The first-order chi connectivity index (χ1) is 27.6. The average Bonchev–Trinajstić information content (AvgIpc) is 3.61. The number of hydrogen-bond acceptors (Lipinski definition) is 4. The topological polar surface area (TPSA) is 51.8 Å². The van der Waals surface area contributed by atoms with Crippen LogP contribution in [0.25, 0.3) is 88.6 Å². The molecule has 0 bridgehead atoms. The minimum Gasteiger partial charge on any atom is -0.456 e. The van der Waals surface area contributed by atoms with Gasteiger partial charge in [-0.25, -0.2) is 15.0 Å². The van der Waals surface area contributed by atoms with Crippen LogP contribution in [0.3, 0.4) is 0 Å². The predicted octanol–water partition coefficient (Wildman–Crippen LogP) is 13.5. The molecule has 2 heterocycles. The van der Waals surface area contributed by atoms with Gasteiger partial charge in [-0.2, -0.15) is 0 Å². The normalized spacial score (nSPS) is 12.0. The van der Waals surface area contributed by atoms with E-state index >= 15 is 0 Å². The molecular formula is C52H35N3O. The Kier molecular flexibility index (Phi) is 8.15. The van der Waals surface area contributed by atoms with Crippen LogP contribution in [-0.2, 0) is 0 Å². The third kappa shape index (κ3) is 5.67. The highest BCUT2D eigenvalue weighted by Gasteiger charge is 2.22. The van der Waals surface area contributed by atoms with Gasteiger partial charge in [0.15, 0.2) is 17.5 Å². The van der Waals surface area contributed by atoms with Crippen LogP contribution in [0.1, 0.15) is 22.5 Å². The molecule has 0 saturated heterocycles. The van der Waals surface area contributed by atoms with Crippen molar-refractivity contribution in [2.45, 2.75) is 6.92 Å². The van der Waals surface area contributed by atoms with Gasteiger partial charge >= 0.3 is 0 Å². The maximum atomic E-state index is 6.74. The van der Waals surface area contributed by atoms with Crippen molar-refractivity contribution in [2.75, 3.05) is 0 Å². The summed E-state index contributed by atoms with van der Waals surface area (Å²) in [5, 5.41) is 8.47. The number of rotatable bonds is 7. The van der Waals surface area contributed by atoms with Gasteiger partial charge in [0.05, 0.1) is 0 Å². The molecule has 0 aliphatic heterocycles. The van der Waals surface area contributed by atoms with Crippen LogP contribution in [0.4, 0.5) is 0 Å². The van der Waals surface area contributed by atoms with Crippen LogP contribution < -0.4 is 0 Å². The lowest BCUT2D eigenvalue weighted by atomic mass is 9.88. The lowest BCUT2D eigenvalue weighted by Gasteiger charge is -2.16. The third-order valence-electron chi connectivity index (χ3n) is 10.7. The molecule has 4 nitrogen and oxygen atoms in total. The van der Waals surface area contributed by atoms with E-state index in [-0.39, 0.29) is 0 Å². The summed E-state index contributed by atoms with van der Waals surface area (Å²) in [6.45, 7) is 6.54. The second kappa shape index (κ2) is 13.8. The molecule has 4 heteroatoms. The molecule has 0 unspecified atom stereocenters. The standard InChI is InChI=1S/C52H35N3O/c1-3-39(38-30-31-45-43-23-11-10-21-41(43)42-22-12-13-24-44(42)46(45)32-38)48(49-33(2)40-20-14-15-25-47(40)56-49)34-26-28-37(29-27-34)52-54-50(35-16-6-4-7-17-35)53-51(55-52)36-18-8-5-9-19-36/h3-32H,1H2,2H3/b48-39+. The van der Waals surface area contributed by atoms with Gasteiger partial charge in [0.2, 0.25) is 0 Å². The number of hydrogen-bond donors (Lipinski definition) is 0. The van der Waals surface area contributed by atoms with Crippen molar-refractivity contribution >= 4 is 54.4 Å². The summed E-state index contributed by atoms with van der Waals surface area (Å²) < 4.78 is 6.74. The Hall–Kier alpha value is -7.43. The lowest BCUT2D eigenvalue weighted by molar-refractivity contribution is 0.597. The summed E-state index contributed by atoms with van der Waals surface area (Å²) in [5.41, 5.74) is 8.68. The molecule has 0 aliphatic rings. The number of fused-ring (bicyclic) bond motifs is 7. The van der Waals surface area contributed by atoms with Gasteiger partial charge in [-0.1, -0.05) is 176 Å². The van der Waals surface area contributed by atoms with Crippen LogP contribution in [-0.4, -0.2) is 15.0 Å². The zero-order valence-corrected chi connectivity index (χ0v) is 30.8. The molecule has 0 atom stereocenters. The first-order valence-electron chi connectivity index (χ1n) is 18.8. The molecule has 10 rings (SSSR count). The van der Waals surface area contributed by atoms with Gasteiger partial charge in [0.25, 0.3) is 0 Å².